The summed E-state index contributed by atoms with van der Waals surface area (Å²) in [5.41, 5.74) is 3.83. The highest BCUT2D eigenvalue weighted by atomic mass is 19.1. The Morgan fingerprint density at radius 3 is 2.67 bits per heavy atom. The Hall–Kier alpha value is -1.96. The minimum absolute atomic E-state index is 0.138. The first-order chi connectivity index (χ1) is 10.2. The summed E-state index contributed by atoms with van der Waals surface area (Å²) < 4.78 is 27.7. The first-order valence-corrected chi connectivity index (χ1v) is 7.37. The molecule has 0 heterocycles. The summed E-state index contributed by atoms with van der Waals surface area (Å²) in [6, 6.07) is 10.3. The van der Waals surface area contributed by atoms with Gasteiger partial charge < -0.3 is 0 Å². The number of halogens is 2. The second-order valence-corrected chi connectivity index (χ2v) is 5.63. The summed E-state index contributed by atoms with van der Waals surface area (Å²) in [4.78, 5) is 0. The molecule has 0 spiro atoms. The van der Waals surface area contributed by atoms with Gasteiger partial charge in [0.1, 0.15) is 11.6 Å². The molecule has 2 aromatic rings. The largest absolute Gasteiger partial charge is 0.207 e. The number of fused-ring (bicyclic) bond motifs is 1. The quantitative estimate of drug-likeness (QED) is 0.704. The van der Waals surface area contributed by atoms with E-state index in [-0.39, 0.29) is 17.6 Å². The Kier molecular flexibility index (Phi) is 3.87. The molecule has 0 fully saturated rings. The Morgan fingerprint density at radius 1 is 1.05 bits per heavy atom. The van der Waals surface area contributed by atoms with Gasteiger partial charge in [-0.05, 0) is 72.6 Å². The summed E-state index contributed by atoms with van der Waals surface area (Å²) >= 11 is 0. The van der Waals surface area contributed by atoms with Gasteiger partial charge in [0.15, 0.2) is 0 Å². The van der Waals surface area contributed by atoms with Crippen molar-refractivity contribution in [3.8, 4) is 0 Å². The standard InChI is InChI=1S/C19H18F2/c1-2-3-13-4-9-18(19(21)10-13)15-6-5-14-7-8-17(20)12-16(14)11-15/h2-4,7-10,12,15H,5-6,11H2,1H3/b3-2+. The summed E-state index contributed by atoms with van der Waals surface area (Å²) in [5.74, 6) is -0.229. The molecule has 21 heavy (non-hydrogen) atoms. The van der Waals surface area contributed by atoms with Crippen molar-refractivity contribution in [3.63, 3.8) is 0 Å². The van der Waals surface area contributed by atoms with Crippen LogP contribution in [0.1, 0.15) is 41.5 Å². The fraction of sp³-hybridized carbons (Fsp3) is 0.263. The van der Waals surface area contributed by atoms with Crippen LogP contribution in [0.5, 0.6) is 0 Å². The molecule has 1 aliphatic carbocycles. The Morgan fingerprint density at radius 2 is 1.90 bits per heavy atom. The van der Waals surface area contributed by atoms with E-state index in [0.29, 0.717) is 6.42 Å². The van der Waals surface area contributed by atoms with Crippen molar-refractivity contribution in [1.29, 1.82) is 0 Å². The zero-order chi connectivity index (χ0) is 14.8. The van der Waals surface area contributed by atoms with Crippen LogP contribution in [-0.2, 0) is 12.8 Å². The van der Waals surface area contributed by atoms with Gasteiger partial charge in [0, 0.05) is 0 Å². The van der Waals surface area contributed by atoms with Crippen LogP contribution in [0.2, 0.25) is 0 Å². The molecule has 0 nitrogen and oxygen atoms in total. The van der Waals surface area contributed by atoms with Crippen molar-refractivity contribution < 1.29 is 8.78 Å². The van der Waals surface area contributed by atoms with Crippen molar-refractivity contribution in [2.45, 2.75) is 32.1 Å². The molecule has 2 aromatic carbocycles. The van der Waals surface area contributed by atoms with E-state index in [1.54, 1.807) is 12.1 Å². The monoisotopic (exact) mass is 284 g/mol. The normalized spacial score (nSPS) is 18.0. The summed E-state index contributed by atoms with van der Waals surface area (Å²) in [6.07, 6.45) is 6.30. The van der Waals surface area contributed by atoms with Crippen LogP contribution in [0.3, 0.4) is 0 Å². The van der Waals surface area contributed by atoms with Crippen LogP contribution < -0.4 is 0 Å². The third kappa shape index (κ3) is 2.90. The fourth-order valence-corrected chi connectivity index (χ4v) is 3.16. The molecule has 0 amide bonds. The predicted octanol–water partition coefficient (Wildman–Crippen LogP) is 5.27. The number of hydrogen-bond donors (Lipinski definition) is 0. The molecule has 108 valence electrons. The first kappa shape index (κ1) is 14.0. The van der Waals surface area contributed by atoms with E-state index in [4.69, 9.17) is 0 Å². The number of hydrogen-bond acceptors (Lipinski definition) is 0. The number of allylic oxidation sites excluding steroid dienone is 1. The van der Waals surface area contributed by atoms with E-state index in [1.807, 2.05) is 37.3 Å². The molecule has 0 saturated heterocycles. The van der Waals surface area contributed by atoms with Gasteiger partial charge in [-0.3, -0.25) is 0 Å². The van der Waals surface area contributed by atoms with E-state index in [1.165, 1.54) is 11.6 Å². The maximum absolute atomic E-state index is 14.3. The molecular formula is C19H18F2. The Bertz CT molecular complexity index is 686. The maximum atomic E-state index is 14.3. The summed E-state index contributed by atoms with van der Waals surface area (Å²) in [7, 11) is 0. The molecular weight excluding hydrogens is 266 g/mol. The summed E-state index contributed by atoms with van der Waals surface area (Å²) in [6.45, 7) is 1.92. The number of benzene rings is 2. The molecule has 3 rings (SSSR count). The van der Waals surface area contributed by atoms with Gasteiger partial charge in [0.05, 0.1) is 0 Å². The van der Waals surface area contributed by atoms with Crippen LogP contribution in [0.15, 0.2) is 42.5 Å². The highest BCUT2D eigenvalue weighted by molar-refractivity contribution is 5.50. The minimum atomic E-state index is -0.210. The molecule has 0 N–H and O–H groups in total. The lowest BCUT2D eigenvalue weighted by molar-refractivity contribution is 0.530. The lowest BCUT2D eigenvalue weighted by Gasteiger charge is -2.25. The third-order valence-electron chi connectivity index (χ3n) is 4.22. The second kappa shape index (κ2) is 5.80. The molecule has 2 heteroatoms. The fourth-order valence-electron chi connectivity index (χ4n) is 3.16. The van der Waals surface area contributed by atoms with Crippen LogP contribution in [0.25, 0.3) is 6.08 Å². The Labute approximate surface area is 124 Å². The smallest absolute Gasteiger partial charge is 0.127 e. The van der Waals surface area contributed by atoms with Crippen LogP contribution in [0.4, 0.5) is 8.78 Å². The SMILES string of the molecule is C/C=C/c1ccc(C2CCc3ccc(F)cc3C2)c(F)c1. The second-order valence-electron chi connectivity index (χ2n) is 5.63. The lowest BCUT2D eigenvalue weighted by atomic mass is 9.80. The van der Waals surface area contributed by atoms with Gasteiger partial charge in [-0.15, -0.1) is 0 Å². The molecule has 0 bridgehead atoms. The maximum Gasteiger partial charge on any atom is 0.127 e. The molecule has 0 aliphatic heterocycles. The van der Waals surface area contributed by atoms with Crippen molar-refractivity contribution in [2.24, 2.45) is 0 Å². The first-order valence-electron chi connectivity index (χ1n) is 7.37. The average molecular weight is 284 g/mol. The zero-order valence-corrected chi connectivity index (χ0v) is 12.1. The van der Waals surface area contributed by atoms with Crippen molar-refractivity contribution in [2.75, 3.05) is 0 Å². The molecule has 1 aliphatic rings. The van der Waals surface area contributed by atoms with E-state index in [9.17, 15) is 8.78 Å². The van der Waals surface area contributed by atoms with Crippen molar-refractivity contribution in [1.82, 2.24) is 0 Å². The van der Waals surface area contributed by atoms with Crippen LogP contribution >= 0.6 is 0 Å². The highest BCUT2D eigenvalue weighted by Crippen LogP contribution is 2.34. The van der Waals surface area contributed by atoms with E-state index >= 15 is 0 Å². The van der Waals surface area contributed by atoms with Crippen LogP contribution in [0, 0.1) is 11.6 Å². The van der Waals surface area contributed by atoms with Crippen LogP contribution in [-0.4, -0.2) is 0 Å². The van der Waals surface area contributed by atoms with Gasteiger partial charge in [-0.2, -0.15) is 0 Å². The van der Waals surface area contributed by atoms with Gasteiger partial charge in [0.25, 0.3) is 0 Å². The van der Waals surface area contributed by atoms with Crippen molar-refractivity contribution >= 4 is 6.08 Å². The molecule has 1 atom stereocenters. The lowest BCUT2D eigenvalue weighted by Crippen LogP contribution is -2.14. The Balaban J connectivity index is 1.89. The zero-order valence-electron chi connectivity index (χ0n) is 12.1. The topological polar surface area (TPSA) is 0 Å². The van der Waals surface area contributed by atoms with Gasteiger partial charge >= 0.3 is 0 Å². The average Bonchev–Trinajstić information content (AvgIpc) is 2.47. The van der Waals surface area contributed by atoms with Gasteiger partial charge in [0.2, 0.25) is 0 Å². The highest BCUT2D eigenvalue weighted by Gasteiger charge is 2.22. The third-order valence-corrected chi connectivity index (χ3v) is 4.22. The van der Waals surface area contributed by atoms with Gasteiger partial charge in [-0.1, -0.05) is 30.4 Å². The molecule has 0 aromatic heterocycles. The molecule has 0 saturated carbocycles. The van der Waals surface area contributed by atoms with E-state index < -0.39 is 0 Å². The summed E-state index contributed by atoms with van der Waals surface area (Å²) in [5, 5.41) is 0. The number of rotatable bonds is 2. The number of aryl methyl sites for hydroxylation is 1. The minimum Gasteiger partial charge on any atom is -0.207 e. The van der Waals surface area contributed by atoms with Gasteiger partial charge in [-0.25, -0.2) is 8.78 Å². The van der Waals surface area contributed by atoms with E-state index in [2.05, 4.69) is 0 Å². The predicted molar refractivity (Wildman–Crippen MR) is 82.3 cm³/mol. The van der Waals surface area contributed by atoms with Crippen molar-refractivity contribution in [3.05, 3.63) is 76.4 Å². The molecule has 0 radical (unpaired) electrons. The van der Waals surface area contributed by atoms with E-state index in [0.717, 1.165) is 29.5 Å². The molecule has 1 unspecified atom stereocenters.